The zero-order valence-corrected chi connectivity index (χ0v) is 13.3. The predicted octanol–water partition coefficient (Wildman–Crippen LogP) is 2.18. The number of hydrogen-bond acceptors (Lipinski definition) is 3. The molecule has 22 heavy (non-hydrogen) atoms. The van der Waals surface area contributed by atoms with Crippen LogP contribution in [-0.4, -0.2) is 28.9 Å². The van der Waals surface area contributed by atoms with Gasteiger partial charge in [-0.3, -0.25) is 14.4 Å². The number of carbonyl (C=O) groups excluding carboxylic acids is 2. The van der Waals surface area contributed by atoms with Gasteiger partial charge in [0.25, 0.3) is 5.91 Å². The van der Waals surface area contributed by atoms with Crippen molar-refractivity contribution in [1.82, 2.24) is 5.32 Å². The number of amides is 2. The van der Waals surface area contributed by atoms with Gasteiger partial charge in [-0.25, -0.2) is 0 Å². The van der Waals surface area contributed by atoms with Crippen LogP contribution in [0.2, 0.25) is 0 Å². The van der Waals surface area contributed by atoms with Crippen LogP contribution in [0.4, 0.5) is 5.69 Å². The van der Waals surface area contributed by atoms with Crippen LogP contribution in [0.3, 0.4) is 0 Å². The van der Waals surface area contributed by atoms with E-state index < -0.39 is 17.9 Å². The number of carboxylic acids is 1. The Kier molecular flexibility index (Phi) is 6.10. The molecule has 1 aromatic rings. The fraction of sp³-hybridized carbons (Fsp3) is 0.438. The summed E-state index contributed by atoms with van der Waals surface area (Å²) in [4.78, 5) is 34.4. The minimum Gasteiger partial charge on any atom is -0.480 e. The first kappa shape index (κ1) is 17.7. The molecule has 0 aliphatic heterocycles. The van der Waals surface area contributed by atoms with Gasteiger partial charge < -0.3 is 15.7 Å². The summed E-state index contributed by atoms with van der Waals surface area (Å²) in [5.41, 5.74) is 1.74. The maximum absolute atomic E-state index is 11.9. The van der Waals surface area contributed by atoms with Gasteiger partial charge in [0.15, 0.2) is 0 Å². The smallest absolute Gasteiger partial charge is 0.325 e. The molecular formula is C16H22N2O4. The number of carbonyl (C=O) groups is 3. The van der Waals surface area contributed by atoms with Gasteiger partial charge in [0.1, 0.15) is 6.04 Å². The average molecular weight is 306 g/mol. The molecule has 0 fully saturated rings. The molecule has 1 rings (SSSR count). The number of carboxylic acid groups (broad SMARTS) is 1. The van der Waals surface area contributed by atoms with Crippen molar-refractivity contribution < 1.29 is 19.5 Å². The summed E-state index contributed by atoms with van der Waals surface area (Å²) < 4.78 is 0. The Balaban J connectivity index is 2.79. The lowest BCUT2D eigenvalue weighted by atomic mass is 10.1. The second-order valence-corrected chi connectivity index (χ2v) is 5.71. The minimum atomic E-state index is -1.09. The Bertz CT molecular complexity index is 582. The van der Waals surface area contributed by atoms with Gasteiger partial charge in [-0.1, -0.05) is 13.8 Å². The monoisotopic (exact) mass is 306 g/mol. The maximum Gasteiger partial charge on any atom is 0.325 e. The third kappa shape index (κ3) is 5.20. The van der Waals surface area contributed by atoms with Gasteiger partial charge in [0, 0.05) is 17.7 Å². The lowest BCUT2D eigenvalue weighted by molar-refractivity contribution is -0.138. The lowest BCUT2D eigenvalue weighted by Gasteiger charge is -2.13. The van der Waals surface area contributed by atoms with Crippen molar-refractivity contribution >= 4 is 23.5 Å². The highest BCUT2D eigenvalue weighted by molar-refractivity contribution is 5.98. The van der Waals surface area contributed by atoms with E-state index >= 15 is 0 Å². The number of anilines is 1. The Hall–Kier alpha value is -2.37. The molecule has 6 nitrogen and oxygen atoms in total. The van der Waals surface area contributed by atoms with Crippen molar-refractivity contribution in [3.63, 3.8) is 0 Å². The number of aliphatic carboxylic acids is 1. The summed E-state index contributed by atoms with van der Waals surface area (Å²) >= 11 is 0. The van der Waals surface area contributed by atoms with E-state index in [0.717, 1.165) is 5.56 Å². The van der Waals surface area contributed by atoms with E-state index in [9.17, 15) is 14.4 Å². The normalized spacial score (nSPS) is 11.9. The van der Waals surface area contributed by atoms with Crippen molar-refractivity contribution in [2.24, 2.45) is 5.92 Å². The summed E-state index contributed by atoms with van der Waals surface area (Å²) in [6, 6.07) is 3.86. The van der Waals surface area contributed by atoms with Gasteiger partial charge in [-0.05, 0) is 43.5 Å². The number of benzene rings is 1. The fourth-order valence-electron chi connectivity index (χ4n) is 1.86. The molecule has 1 atom stereocenters. The summed E-state index contributed by atoms with van der Waals surface area (Å²) in [6.07, 6.45) is 0.428. The van der Waals surface area contributed by atoms with Crippen LogP contribution < -0.4 is 10.6 Å². The number of nitrogens with one attached hydrogen (secondary N) is 2. The standard InChI is InChI=1S/C16H22N2O4/c1-9(2)7-14(19)18-13-6-5-12(8-10(13)3)15(20)17-11(4)16(21)22/h5-6,8-9,11H,7H2,1-4H3,(H,17,20)(H,18,19)(H,21,22)/t11-/m1/s1. The summed E-state index contributed by atoms with van der Waals surface area (Å²) in [7, 11) is 0. The van der Waals surface area contributed by atoms with Crippen LogP contribution in [0.1, 0.15) is 43.1 Å². The van der Waals surface area contributed by atoms with Crippen molar-refractivity contribution in [2.75, 3.05) is 5.32 Å². The number of rotatable bonds is 6. The zero-order chi connectivity index (χ0) is 16.9. The highest BCUT2D eigenvalue weighted by Crippen LogP contribution is 2.17. The highest BCUT2D eigenvalue weighted by Gasteiger charge is 2.16. The van der Waals surface area contributed by atoms with Gasteiger partial charge in [0.2, 0.25) is 5.91 Å². The molecule has 120 valence electrons. The molecule has 0 radical (unpaired) electrons. The molecule has 0 saturated carbocycles. The quantitative estimate of drug-likeness (QED) is 0.750. The first-order chi connectivity index (χ1) is 10.2. The Morgan fingerprint density at radius 2 is 1.82 bits per heavy atom. The van der Waals surface area contributed by atoms with Crippen LogP contribution in [0.15, 0.2) is 18.2 Å². The summed E-state index contributed by atoms with van der Waals surface area (Å²) in [5, 5.41) is 14.0. The predicted molar refractivity (Wildman–Crippen MR) is 83.8 cm³/mol. The molecule has 0 saturated heterocycles. The van der Waals surface area contributed by atoms with Crippen LogP contribution in [-0.2, 0) is 9.59 Å². The minimum absolute atomic E-state index is 0.0743. The molecule has 0 aliphatic rings. The van der Waals surface area contributed by atoms with E-state index in [1.54, 1.807) is 25.1 Å². The molecule has 0 aromatic heterocycles. The molecule has 0 aliphatic carbocycles. The fourth-order valence-corrected chi connectivity index (χ4v) is 1.86. The third-order valence-electron chi connectivity index (χ3n) is 3.07. The first-order valence-electron chi connectivity index (χ1n) is 7.15. The second kappa shape index (κ2) is 7.59. The van der Waals surface area contributed by atoms with Crippen molar-refractivity contribution in [2.45, 2.75) is 40.2 Å². The lowest BCUT2D eigenvalue weighted by Crippen LogP contribution is -2.38. The molecule has 0 bridgehead atoms. The topological polar surface area (TPSA) is 95.5 Å². The largest absolute Gasteiger partial charge is 0.480 e. The van der Waals surface area contributed by atoms with Crippen LogP contribution in [0.25, 0.3) is 0 Å². The maximum atomic E-state index is 11.9. The number of aryl methyl sites for hydroxylation is 1. The average Bonchev–Trinajstić information content (AvgIpc) is 2.39. The Labute approximate surface area is 129 Å². The van der Waals surface area contributed by atoms with Gasteiger partial charge in [-0.2, -0.15) is 0 Å². The van der Waals surface area contributed by atoms with E-state index in [0.29, 0.717) is 17.7 Å². The highest BCUT2D eigenvalue weighted by atomic mass is 16.4. The first-order valence-corrected chi connectivity index (χ1v) is 7.15. The van der Waals surface area contributed by atoms with Crippen LogP contribution >= 0.6 is 0 Å². The number of hydrogen-bond donors (Lipinski definition) is 3. The molecule has 0 unspecified atom stereocenters. The molecule has 0 spiro atoms. The van der Waals surface area contributed by atoms with E-state index in [1.165, 1.54) is 6.92 Å². The van der Waals surface area contributed by atoms with Crippen LogP contribution in [0.5, 0.6) is 0 Å². The molecule has 3 N–H and O–H groups in total. The van der Waals surface area contributed by atoms with E-state index in [-0.39, 0.29) is 11.8 Å². The summed E-state index contributed by atoms with van der Waals surface area (Å²) in [6.45, 7) is 7.10. The molecule has 2 amide bonds. The molecule has 6 heteroatoms. The second-order valence-electron chi connectivity index (χ2n) is 5.71. The van der Waals surface area contributed by atoms with Gasteiger partial charge in [0.05, 0.1) is 0 Å². The van der Waals surface area contributed by atoms with E-state index in [2.05, 4.69) is 10.6 Å². The van der Waals surface area contributed by atoms with Crippen molar-refractivity contribution in [3.05, 3.63) is 29.3 Å². The zero-order valence-electron chi connectivity index (χ0n) is 13.3. The van der Waals surface area contributed by atoms with Crippen LogP contribution in [0, 0.1) is 12.8 Å². The van der Waals surface area contributed by atoms with Gasteiger partial charge >= 0.3 is 5.97 Å². The Morgan fingerprint density at radius 3 is 2.32 bits per heavy atom. The van der Waals surface area contributed by atoms with E-state index in [4.69, 9.17) is 5.11 Å². The molecular weight excluding hydrogens is 284 g/mol. The SMILES string of the molecule is Cc1cc(C(=O)N[C@H](C)C(=O)O)ccc1NC(=O)CC(C)C. The van der Waals surface area contributed by atoms with E-state index in [1.807, 2.05) is 13.8 Å². The summed E-state index contributed by atoms with van der Waals surface area (Å²) in [5.74, 6) is -1.36. The van der Waals surface area contributed by atoms with Gasteiger partial charge in [-0.15, -0.1) is 0 Å². The Morgan fingerprint density at radius 1 is 1.18 bits per heavy atom. The molecule has 1 aromatic carbocycles. The van der Waals surface area contributed by atoms with Crippen molar-refractivity contribution in [3.8, 4) is 0 Å². The van der Waals surface area contributed by atoms with Crippen molar-refractivity contribution in [1.29, 1.82) is 0 Å². The third-order valence-corrected chi connectivity index (χ3v) is 3.07. The molecule has 0 heterocycles.